The quantitative estimate of drug-likeness (QED) is 0.192. The number of nitrogens with one attached hydrogen (secondary N) is 2. The van der Waals surface area contributed by atoms with E-state index in [-0.39, 0.29) is 5.91 Å². The van der Waals surface area contributed by atoms with Gasteiger partial charge in [0.05, 0.1) is 19.3 Å². The number of amides is 1. The van der Waals surface area contributed by atoms with Gasteiger partial charge >= 0.3 is 0 Å². The summed E-state index contributed by atoms with van der Waals surface area (Å²) in [4.78, 5) is 11.1. The van der Waals surface area contributed by atoms with Crippen LogP contribution in [0, 0.1) is 0 Å². The maximum absolute atomic E-state index is 11.1. The number of nitrogens with zero attached hydrogens (tertiary/aromatic N) is 1. The van der Waals surface area contributed by atoms with Crippen molar-refractivity contribution in [3.8, 4) is 0 Å². The zero-order valence-electron chi connectivity index (χ0n) is 18.8. The molecule has 0 radical (unpaired) electrons. The number of hydrogen-bond donors (Lipinski definition) is 2. The first kappa shape index (κ1) is 24.7. The first-order valence-corrected chi connectivity index (χ1v) is 11.8. The van der Waals surface area contributed by atoms with Crippen LogP contribution in [0.1, 0.15) is 97.8 Å². The minimum absolute atomic E-state index is 0.0604. The summed E-state index contributed by atoms with van der Waals surface area (Å²) in [6, 6.07) is 0. The van der Waals surface area contributed by atoms with E-state index in [1.165, 1.54) is 77.0 Å². The number of rotatable bonds is 17. The summed E-state index contributed by atoms with van der Waals surface area (Å²) in [5.74, 6) is 0.0604. The zero-order chi connectivity index (χ0) is 20.5. The second-order valence-corrected chi connectivity index (χ2v) is 8.29. The summed E-state index contributed by atoms with van der Waals surface area (Å²) < 4.78 is 0.939. The van der Waals surface area contributed by atoms with Crippen molar-refractivity contribution < 1.29 is 9.28 Å². The topological polar surface area (TPSA) is 41.1 Å². The number of unbranched alkanes of at least 4 members (excludes halogenated alkanes) is 9. The van der Waals surface area contributed by atoms with Crippen LogP contribution in [0.4, 0.5) is 0 Å². The lowest BCUT2D eigenvalue weighted by Gasteiger charge is -2.37. The van der Waals surface area contributed by atoms with Crippen LogP contribution in [-0.4, -0.2) is 36.2 Å². The summed E-state index contributed by atoms with van der Waals surface area (Å²) in [7, 11) is 0. The molecule has 1 rings (SSSR count). The van der Waals surface area contributed by atoms with E-state index in [4.69, 9.17) is 0 Å². The van der Waals surface area contributed by atoms with E-state index in [2.05, 4.69) is 49.0 Å². The van der Waals surface area contributed by atoms with Crippen molar-refractivity contribution in [3.63, 3.8) is 0 Å². The summed E-state index contributed by atoms with van der Waals surface area (Å²) in [6.45, 7) is 8.87. The van der Waals surface area contributed by atoms with Crippen LogP contribution in [-0.2, 0) is 4.79 Å². The van der Waals surface area contributed by atoms with Gasteiger partial charge in [0.25, 0.3) is 0 Å². The Balaban J connectivity index is 2.08. The van der Waals surface area contributed by atoms with Gasteiger partial charge in [-0.25, -0.2) is 0 Å². The Bertz CT molecular complexity index is 461. The summed E-state index contributed by atoms with van der Waals surface area (Å²) in [6.07, 6.45) is 25.5. The first-order valence-electron chi connectivity index (χ1n) is 11.8. The Kier molecular flexibility index (Phi) is 13.8. The Morgan fingerprint density at radius 3 is 2.29 bits per heavy atom. The summed E-state index contributed by atoms with van der Waals surface area (Å²) in [5, 5.41) is 6.49. The number of carbonyl (C=O) groups is 1. The second kappa shape index (κ2) is 15.6. The van der Waals surface area contributed by atoms with Gasteiger partial charge in [-0.1, -0.05) is 57.6 Å². The Morgan fingerprint density at radius 1 is 1.00 bits per heavy atom. The number of carbonyl (C=O) groups excluding carboxylic acids is 1. The predicted molar refractivity (Wildman–Crippen MR) is 121 cm³/mol. The molecule has 1 heterocycles. The third kappa shape index (κ3) is 10.3. The maximum atomic E-state index is 11.1. The molecule has 0 aromatic carbocycles. The average molecular weight is 393 g/mol. The second-order valence-electron chi connectivity index (χ2n) is 8.29. The molecule has 0 aliphatic carbocycles. The molecule has 2 N–H and O–H groups in total. The van der Waals surface area contributed by atoms with Crippen molar-refractivity contribution in [2.75, 3.05) is 19.6 Å². The minimum Gasteiger partial charge on any atom is -0.351 e. The van der Waals surface area contributed by atoms with Crippen LogP contribution in [0.15, 0.2) is 24.6 Å². The zero-order valence-corrected chi connectivity index (χ0v) is 18.8. The van der Waals surface area contributed by atoms with Gasteiger partial charge in [0, 0.05) is 13.3 Å². The Labute approximate surface area is 174 Å². The predicted octanol–water partition coefficient (Wildman–Crippen LogP) is 5.62. The molecule has 2 atom stereocenters. The average Bonchev–Trinajstić information content (AvgIpc) is 3.08. The van der Waals surface area contributed by atoms with Gasteiger partial charge in [-0.05, 0) is 39.0 Å². The third-order valence-electron chi connectivity index (χ3n) is 6.01. The molecule has 162 valence electrons. The van der Waals surface area contributed by atoms with Gasteiger partial charge in [0.15, 0.2) is 6.17 Å². The third-order valence-corrected chi connectivity index (χ3v) is 6.01. The summed E-state index contributed by atoms with van der Waals surface area (Å²) >= 11 is 0. The highest BCUT2D eigenvalue weighted by atomic mass is 16.1. The van der Waals surface area contributed by atoms with Crippen molar-refractivity contribution in [2.24, 2.45) is 0 Å². The highest BCUT2D eigenvalue weighted by molar-refractivity contribution is 5.72. The first-order chi connectivity index (χ1) is 13.6. The van der Waals surface area contributed by atoms with E-state index in [0.29, 0.717) is 6.17 Å². The number of likely N-dealkylation sites (N-methyl/N-ethyl adjacent to an activating group) is 1. The Morgan fingerprint density at radius 2 is 1.64 bits per heavy atom. The van der Waals surface area contributed by atoms with Crippen molar-refractivity contribution in [2.45, 2.75) is 104 Å². The van der Waals surface area contributed by atoms with Crippen LogP contribution < -0.4 is 10.6 Å². The molecule has 0 bridgehead atoms. The molecule has 4 heteroatoms. The van der Waals surface area contributed by atoms with E-state index < -0.39 is 0 Å². The van der Waals surface area contributed by atoms with Crippen molar-refractivity contribution >= 4 is 5.91 Å². The summed E-state index contributed by atoms with van der Waals surface area (Å²) in [5.41, 5.74) is 0. The molecule has 0 saturated heterocycles. The molecule has 0 fully saturated rings. The van der Waals surface area contributed by atoms with Crippen LogP contribution in [0.2, 0.25) is 0 Å². The van der Waals surface area contributed by atoms with Crippen molar-refractivity contribution in [3.05, 3.63) is 24.6 Å². The monoisotopic (exact) mass is 392 g/mol. The number of hydrogen-bond acceptors (Lipinski definition) is 2. The minimum atomic E-state index is 0.0604. The highest BCUT2D eigenvalue weighted by Gasteiger charge is 2.36. The van der Waals surface area contributed by atoms with E-state index in [9.17, 15) is 4.79 Å². The molecule has 1 aliphatic heterocycles. The van der Waals surface area contributed by atoms with Gasteiger partial charge in [0.2, 0.25) is 5.91 Å². The smallest absolute Gasteiger partial charge is 0.217 e. The lowest BCUT2D eigenvalue weighted by molar-refractivity contribution is -0.898. The van der Waals surface area contributed by atoms with Crippen LogP contribution >= 0.6 is 0 Å². The number of allylic oxidation sites excluding steroid dienone is 2. The molecule has 1 amide bonds. The molecular weight excluding hydrogens is 346 g/mol. The van der Waals surface area contributed by atoms with Crippen LogP contribution in [0.25, 0.3) is 0 Å². The van der Waals surface area contributed by atoms with Gasteiger partial charge in [0.1, 0.15) is 12.7 Å². The molecular formula is C24H46N3O+. The molecule has 1 aliphatic rings. The van der Waals surface area contributed by atoms with Crippen molar-refractivity contribution in [1.82, 2.24) is 10.6 Å². The lowest BCUT2D eigenvalue weighted by atomic mass is 10.1. The molecule has 0 spiro atoms. The SMILES string of the molecule is CCCCCCCCC/C=C/CCCCC1NC=C[N+]1(CC)CCNC(C)=O. The van der Waals surface area contributed by atoms with E-state index in [1.54, 1.807) is 6.92 Å². The molecule has 0 saturated carbocycles. The van der Waals surface area contributed by atoms with Crippen LogP contribution in [0.3, 0.4) is 0 Å². The van der Waals surface area contributed by atoms with Crippen LogP contribution in [0.5, 0.6) is 0 Å². The fourth-order valence-electron chi connectivity index (χ4n) is 4.10. The van der Waals surface area contributed by atoms with E-state index >= 15 is 0 Å². The van der Waals surface area contributed by atoms with Crippen molar-refractivity contribution in [1.29, 1.82) is 0 Å². The van der Waals surface area contributed by atoms with E-state index in [0.717, 1.165) is 24.1 Å². The maximum Gasteiger partial charge on any atom is 0.217 e. The van der Waals surface area contributed by atoms with Gasteiger partial charge in [-0.2, -0.15) is 0 Å². The molecule has 2 unspecified atom stereocenters. The fraction of sp³-hybridized carbons (Fsp3) is 0.792. The largest absolute Gasteiger partial charge is 0.351 e. The molecule has 28 heavy (non-hydrogen) atoms. The molecule has 4 nitrogen and oxygen atoms in total. The van der Waals surface area contributed by atoms with Gasteiger partial charge < -0.3 is 10.6 Å². The lowest BCUT2D eigenvalue weighted by Crippen LogP contribution is -2.55. The molecule has 0 aromatic heterocycles. The standard InChI is InChI=1S/C24H45N3O/c1-4-6-7-8-9-10-11-12-13-14-15-16-17-18-24-26-20-22-27(24,5-2)21-19-25-23(3)28/h13-14,20,22,24,26H,4-12,15-19,21H2,1-3H3/p+1/b14-13+. The number of quaternary nitrogens is 1. The normalized spacial score (nSPS) is 21.3. The Hall–Kier alpha value is -1.29. The van der Waals surface area contributed by atoms with Gasteiger partial charge in [-0.3, -0.25) is 9.28 Å². The fourth-order valence-corrected chi connectivity index (χ4v) is 4.10. The van der Waals surface area contributed by atoms with Gasteiger partial charge in [-0.15, -0.1) is 0 Å². The highest BCUT2D eigenvalue weighted by Crippen LogP contribution is 2.22. The van der Waals surface area contributed by atoms with E-state index in [1.807, 2.05) is 0 Å². The molecule has 0 aromatic rings.